The molecule has 0 amide bonds. The summed E-state index contributed by atoms with van der Waals surface area (Å²) in [4.78, 5) is 0.273. The van der Waals surface area contributed by atoms with Gasteiger partial charge in [-0.3, -0.25) is 0 Å². The van der Waals surface area contributed by atoms with E-state index in [4.69, 9.17) is 0 Å². The van der Waals surface area contributed by atoms with Gasteiger partial charge < -0.3 is 0 Å². The lowest BCUT2D eigenvalue weighted by Crippen LogP contribution is -1.92. The van der Waals surface area contributed by atoms with Gasteiger partial charge in [0, 0.05) is 0 Å². The molecule has 0 aliphatic carbocycles. The van der Waals surface area contributed by atoms with Gasteiger partial charge in [0.15, 0.2) is 0 Å². The van der Waals surface area contributed by atoms with Crippen molar-refractivity contribution >= 4 is 26.5 Å². The predicted molar refractivity (Wildman–Crippen MR) is 29.5 cm³/mol. The van der Waals surface area contributed by atoms with Crippen LogP contribution in [0.1, 0.15) is 0 Å². The Kier molecular flexibility index (Phi) is 2.83. The summed E-state index contributed by atoms with van der Waals surface area (Å²) in [6, 6.07) is 0. The van der Waals surface area contributed by atoms with Crippen LogP contribution >= 0.6 is 14.7 Å². The topological polar surface area (TPSA) is 29.1 Å². The molecule has 0 unspecified atom stereocenters. The molecule has 0 fully saturated rings. The maximum absolute atomic E-state index is 11.4. The fraction of sp³-hybridized carbons (Fsp3) is 0. The first-order chi connectivity index (χ1) is 3.71. The highest BCUT2D eigenvalue weighted by Crippen LogP contribution is 2.59. The predicted octanol–water partition coefficient (Wildman–Crippen LogP) is 2.79. The quantitative estimate of drug-likeness (QED) is 0.550. The molecule has 0 heterocycles. The lowest BCUT2D eigenvalue weighted by molar-refractivity contribution is 0.488. The van der Waals surface area contributed by atoms with E-state index in [0.717, 1.165) is 0 Å². The summed E-state index contributed by atoms with van der Waals surface area (Å²) in [5, 5.41) is 0. The average Bonchev–Trinajstić information content (AvgIpc) is 1.14. The van der Waals surface area contributed by atoms with E-state index in [2.05, 4.69) is 11.8 Å². The number of hydrogen-bond donors (Lipinski definition) is 1. The van der Waals surface area contributed by atoms with Crippen molar-refractivity contribution in [3.8, 4) is 0 Å². The number of halogens is 4. The van der Waals surface area contributed by atoms with Crippen molar-refractivity contribution in [2.45, 2.75) is 0 Å². The first-order valence-corrected chi connectivity index (χ1v) is 5.56. The Balaban J connectivity index is 4.07. The smallest absolute Gasteiger partial charge is 0.231 e. The van der Waals surface area contributed by atoms with Gasteiger partial charge in [-0.25, -0.2) is 4.57 Å². The molecule has 56 valence electrons. The maximum atomic E-state index is 11.4. The summed E-state index contributed by atoms with van der Waals surface area (Å²) < 4.78 is 54.3. The van der Waals surface area contributed by atoms with Gasteiger partial charge in [-0.2, -0.15) is 8.39 Å². The molecule has 0 aromatic heterocycles. The number of nitrogens with one attached hydrogen (secondary N) is 1. The molecular formula is HF4NOP2S. The lowest BCUT2D eigenvalue weighted by atomic mass is 13.9. The molecule has 0 saturated heterocycles. The highest BCUT2D eigenvalue weighted by Gasteiger charge is 2.29. The van der Waals surface area contributed by atoms with Gasteiger partial charge in [0.1, 0.15) is 0 Å². The van der Waals surface area contributed by atoms with Crippen LogP contribution in [0.2, 0.25) is 0 Å². The van der Waals surface area contributed by atoms with Gasteiger partial charge in [-0.05, 0) is 11.8 Å². The Hall–Kier alpha value is 0.560. The van der Waals surface area contributed by atoms with Crippen molar-refractivity contribution < 1.29 is 21.4 Å². The second-order valence-corrected chi connectivity index (χ2v) is 5.05. The van der Waals surface area contributed by atoms with E-state index in [1.807, 2.05) is 0 Å². The fourth-order valence-electron chi connectivity index (χ4n) is 0.136. The van der Waals surface area contributed by atoms with Gasteiger partial charge in [-0.1, -0.05) is 0 Å². The Bertz CT molecular complexity index is 159. The SMILES string of the molecule is O=P(F)(F)NP(F)(F)=S. The van der Waals surface area contributed by atoms with Gasteiger partial charge in [-0.15, -0.1) is 13.3 Å². The van der Waals surface area contributed by atoms with Crippen LogP contribution in [0.4, 0.5) is 16.8 Å². The largest absolute Gasteiger partial charge is 0.488 e. The molecule has 0 rings (SSSR count). The average molecular weight is 201 g/mol. The molecule has 0 radical (unpaired) electrons. The summed E-state index contributed by atoms with van der Waals surface area (Å²) in [5.41, 5.74) is 0. The maximum Gasteiger partial charge on any atom is 0.488 e. The molecule has 2 nitrogen and oxygen atoms in total. The molecular weight excluding hydrogens is 200 g/mol. The van der Waals surface area contributed by atoms with E-state index in [1.165, 1.54) is 0 Å². The minimum Gasteiger partial charge on any atom is -0.231 e. The van der Waals surface area contributed by atoms with Crippen LogP contribution < -0.4 is 4.86 Å². The molecule has 0 saturated carbocycles. The van der Waals surface area contributed by atoms with E-state index >= 15 is 0 Å². The molecule has 0 bridgehead atoms. The first kappa shape index (κ1) is 9.56. The van der Waals surface area contributed by atoms with E-state index in [1.54, 1.807) is 0 Å². The standard InChI is InChI=1S/F4HNOP2S/c1-7(2,6)5-8(3,4)9/h(H,5,6,9). The molecule has 9 heteroatoms. The van der Waals surface area contributed by atoms with Crippen molar-refractivity contribution in [2.24, 2.45) is 0 Å². The Labute approximate surface area is 53.6 Å². The highest BCUT2D eigenvalue weighted by molar-refractivity contribution is 8.10. The zero-order valence-electron chi connectivity index (χ0n) is 3.72. The van der Waals surface area contributed by atoms with E-state index in [0.29, 0.717) is 0 Å². The zero-order chi connectivity index (χ0) is 7.71. The van der Waals surface area contributed by atoms with Gasteiger partial charge in [0.25, 0.3) is 0 Å². The number of rotatable bonds is 2. The van der Waals surface area contributed by atoms with Crippen LogP contribution in [0, 0.1) is 0 Å². The first-order valence-electron chi connectivity index (χ1n) is 1.49. The Morgan fingerprint density at radius 1 is 1.22 bits per heavy atom. The summed E-state index contributed by atoms with van der Waals surface area (Å²) in [5.74, 6) is 0. The third kappa shape index (κ3) is 8.56. The van der Waals surface area contributed by atoms with Crippen molar-refractivity contribution in [1.29, 1.82) is 0 Å². The zero-order valence-corrected chi connectivity index (χ0v) is 6.33. The third-order valence-electron chi connectivity index (χ3n) is 0.233. The second kappa shape index (κ2) is 2.66. The number of hydrogen-bond acceptors (Lipinski definition) is 2. The van der Waals surface area contributed by atoms with E-state index in [-0.39, 0.29) is 4.86 Å². The Morgan fingerprint density at radius 3 is 1.56 bits per heavy atom. The van der Waals surface area contributed by atoms with Crippen molar-refractivity contribution in [1.82, 2.24) is 4.86 Å². The van der Waals surface area contributed by atoms with Gasteiger partial charge in [0.2, 0.25) is 0 Å². The summed E-state index contributed by atoms with van der Waals surface area (Å²) in [6.45, 7) is -5.22. The minimum absolute atomic E-state index is 0.273. The van der Waals surface area contributed by atoms with Crippen LogP contribution in [0.5, 0.6) is 0 Å². The fourth-order valence-corrected chi connectivity index (χ4v) is 2.08. The molecule has 0 aliphatic heterocycles. The van der Waals surface area contributed by atoms with Crippen molar-refractivity contribution in [3.05, 3.63) is 0 Å². The van der Waals surface area contributed by atoms with Gasteiger partial charge in [0.05, 0.1) is 0 Å². The lowest BCUT2D eigenvalue weighted by Gasteiger charge is -2.00. The summed E-state index contributed by atoms with van der Waals surface area (Å²) in [7, 11) is -5.84. The van der Waals surface area contributed by atoms with Crippen LogP contribution in [0.25, 0.3) is 0 Å². The van der Waals surface area contributed by atoms with Crippen LogP contribution in [-0.2, 0) is 16.4 Å². The molecule has 0 spiro atoms. The molecule has 0 aliphatic rings. The molecule has 0 aromatic carbocycles. The third-order valence-corrected chi connectivity index (χ3v) is 2.83. The molecule has 9 heavy (non-hydrogen) atoms. The van der Waals surface area contributed by atoms with Gasteiger partial charge >= 0.3 is 14.7 Å². The summed E-state index contributed by atoms with van der Waals surface area (Å²) in [6.07, 6.45) is 0. The van der Waals surface area contributed by atoms with Crippen LogP contribution in [-0.4, -0.2) is 0 Å². The van der Waals surface area contributed by atoms with Crippen LogP contribution in [0.3, 0.4) is 0 Å². The highest BCUT2D eigenvalue weighted by atomic mass is 32.5. The van der Waals surface area contributed by atoms with Crippen molar-refractivity contribution in [2.75, 3.05) is 0 Å². The van der Waals surface area contributed by atoms with Crippen molar-refractivity contribution in [3.63, 3.8) is 0 Å². The monoisotopic (exact) mass is 201 g/mol. The van der Waals surface area contributed by atoms with E-state index in [9.17, 15) is 21.4 Å². The molecule has 1 N–H and O–H groups in total. The van der Waals surface area contributed by atoms with Crippen LogP contribution in [0.15, 0.2) is 0 Å². The second-order valence-electron chi connectivity index (χ2n) is 1.02. The molecule has 0 atom stereocenters. The normalized spacial score (nSPS) is 13.8. The Morgan fingerprint density at radius 2 is 1.56 bits per heavy atom. The molecule has 0 aromatic rings. The summed E-state index contributed by atoms with van der Waals surface area (Å²) >= 11 is 3.25. The minimum atomic E-state index is -5.84. The van der Waals surface area contributed by atoms with E-state index < -0.39 is 14.7 Å².